The minimum absolute atomic E-state index is 0.273. The first-order valence-corrected chi connectivity index (χ1v) is 8.46. The zero-order valence-electron chi connectivity index (χ0n) is 14.0. The molecule has 2 rings (SSSR count). The average molecular weight is 287 g/mol. The van der Waals surface area contributed by atoms with Crippen molar-refractivity contribution in [2.45, 2.75) is 64.8 Å². The van der Waals surface area contributed by atoms with E-state index >= 15 is 0 Å². The summed E-state index contributed by atoms with van der Waals surface area (Å²) in [5.41, 5.74) is 1.85. The number of carbonyl (C=O) groups excluding carboxylic acids is 1. The molecule has 1 atom stereocenters. The van der Waals surface area contributed by atoms with Gasteiger partial charge in [-0.05, 0) is 56.8 Å². The van der Waals surface area contributed by atoms with Crippen LogP contribution in [-0.2, 0) is 0 Å². The third kappa shape index (κ3) is 3.06. The van der Waals surface area contributed by atoms with Crippen LogP contribution in [0.5, 0.6) is 0 Å². The summed E-state index contributed by atoms with van der Waals surface area (Å²) in [6.07, 6.45) is 4.73. The molecule has 0 saturated heterocycles. The second-order valence-electron chi connectivity index (χ2n) is 6.38. The summed E-state index contributed by atoms with van der Waals surface area (Å²) in [7, 11) is 0. The number of Topliss-reactive ketones (excluding diaryl/α,β-unsaturated/α-hetero) is 1. The number of hydrogen-bond donors (Lipinski definition) is 0. The largest absolute Gasteiger partial charge is 0.292 e. The van der Waals surface area contributed by atoms with E-state index in [0.717, 1.165) is 25.1 Å². The van der Waals surface area contributed by atoms with Gasteiger partial charge in [-0.2, -0.15) is 0 Å². The first-order valence-electron chi connectivity index (χ1n) is 8.46. The van der Waals surface area contributed by atoms with Crippen molar-refractivity contribution in [1.82, 2.24) is 4.90 Å². The number of likely N-dealkylation sites (N-methyl/N-ethyl adjacent to an activating group) is 1. The van der Waals surface area contributed by atoms with E-state index in [4.69, 9.17) is 0 Å². The van der Waals surface area contributed by atoms with Crippen molar-refractivity contribution in [2.75, 3.05) is 13.1 Å². The Bertz CT molecular complexity index is 488. The summed E-state index contributed by atoms with van der Waals surface area (Å²) in [5.74, 6) is 0.953. The van der Waals surface area contributed by atoms with Gasteiger partial charge < -0.3 is 0 Å². The molecule has 1 aliphatic carbocycles. The van der Waals surface area contributed by atoms with Gasteiger partial charge in [0.1, 0.15) is 0 Å². The lowest BCUT2D eigenvalue weighted by molar-refractivity contribution is 0.0607. The lowest BCUT2D eigenvalue weighted by Gasteiger charge is -2.38. The van der Waals surface area contributed by atoms with Crippen molar-refractivity contribution < 1.29 is 4.79 Å². The minimum atomic E-state index is -0.387. The third-order valence-corrected chi connectivity index (χ3v) is 5.36. The van der Waals surface area contributed by atoms with E-state index in [1.807, 2.05) is 6.07 Å². The van der Waals surface area contributed by atoms with Crippen LogP contribution in [0.4, 0.5) is 0 Å². The van der Waals surface area contributed by atoms with E-state index in [0.29, 0.717) is 5.92 Å². The minimum Gasteiger partial charge on any atom is -0.292 e. The second-order valence-corrected chi connectivity index (χ2v) is 6.38. The topological polar surface area (TPSA) is 20.3 Å². The van der Waals surface area contributed by atoms with Crippen molar-refractivity contribution in [2.24, 2.45) is 0 Å². The summed E-state index contributed by atoms with van der Waals surface area (Å²) in [5, 5.41) is 0. The van der Waals surface area contributed by atoms with Gasteiger partial charge in [-0.25, -0.2) is 0 Å². The number of hydrogen-bond acceptors (Lipinski definition) is 2. The molecule has 1 unspecified atom stereocenters. The maximum Gasteiger partial charge on any atom is 0.182 e. The molecule has 116 valence electrons. The van der Waals surface area contributed by atoms with Crippen molar-refractivity contribution in [1.29, 1.82) is 0 Å². The fourth-order valence-corrected chi connectivity index (χ4v) is 3.44. The molecule has 0 radical (unpaired) electrons. The van der Waals surface area contributed by atoms with Gasteiger partial charge in [0.2, 0.25) is 0 Å². The molecule has 21 heavy (non-hydrogen) atoms. The highest BCUT2D eigenvalue weighted by atomic mass is 16.1. The monoisotopic (exact) mass is 287 g/mol. The van der Waals surface area contributed by atoms with Crippen molar-refractivity contribution in [3.63, 3.8) is 0 Å². The molecule has 0 spiro atoms. The summed E-state index contributed by atoms with van der Waals surface area (Å²) < 4.78 is 0. The van der Waals surface area contributed by atoms with Crippen LogP contribution in [0.25, 0.3) is 0 Å². The zero-order chi connectivity index (χ0) is 15.5. The van der Waals surface area contributed by atoms with Gasteiger partial charge >= 0.3 is 0 Å². The van der Waals surface area contributed by atoms with Crippen molar-refractivity contribution in [3.05, 3.63) is 35.4 Å². The molecule has 1 aromatic carbocycles. The Balaban J connectivity index is 2.28. The average Bonchev–Trinajstić information content (AvgIpc) is 2.46. The Morgan fingerprint density at radius 2 is 1.90 bits per heavy atom. The van der Waals surface area contributed by atoms with E-state index < -0.39 is 0 Å². The highest BCUT2D eigenvalue weighted by Crippen LogP contribution is 2.37. The molecular formula is C19H29NO. The van der Waals surface area contributed by atoms with Crippen molar-refractivity contribution in [3.8, 4) is 0 Å². The van der Waals surface area contributed by atoms with Crippen LogP contribution in [0.15, 0.2) is 24.3 Å². The number of rotatable bonds is 7. The maximum atomic E-state index is 13.1. The van der Waals surface area contributed by atoms with Crippen LogP contribution >= 0.6 is 0 Å². The van der Waals surface area contributed by atoms with E-state index in [2.05, 4.69) is 50.8 Å². The van der Waals surface area contributed by atoms with Gasteiger partial charge in [0.15, 0.2) is 5.78 Å². The summed E-state index contributed by atoms with van der Waals surface area (Å²) in [6, 6.07) is 8.37. The lowest BCUT2D eigenvalue weighted by Crippen LogP contribution is -2.51. The number of benzene rings is 1. The molecule has 1 saturated carbocycles. The fraction of sp³-hybridized carbons (Fsp3) is 0.632. The number of carbonyl (C=O) groups is 1. The van der Waals surface area contributed by atoms with E-state index in [-0.39, 0.29) is 11.3 Å². The Morgan fingerprint density at radius 1 is 1.24 bits per heavy atom. The van der Waals surface area contributed by atoms with E-state index in [9.17, 15) is 4.79 Å². The first kappa shape index (κ1) is 16.2. The van der Waals surface area contributed by atoms with Crippen LogP contribution in [0.1, 0.15) is 75.2 Å². The molecule has 0 aromatic heterocycles. The highest BCUT2D eigenvalue weighted by Gasteiger charge is 2.36. The predicted molar refractivity (Wildman–Crippen MR) is 89.0 cm³/mol. The molecule has 2 nitrogen and oxygen atoms in total. The van der Waals surface area contributed by atoms with E-state index in [1.54, 1.807) is 0 Å². The van der Waals surface area contributed by atoms with Crippen molar-refractivity contribution >= 4 is 5.78 Å². The van der Waals surface area contributed by atoms with Gasteiger partial charge in [-0.15, -0.1) is 0 Å². The van der Waals surface area contributed by atoms with Gasteiger partial charge in [0.05, 0.1) is 5.54 Å². The molecule has 2 heteroatoms. The molecular weight excluding hydrogens is 258 g/mol. The fourth-order valence-electron chi connectivity index (χ4n) is 3.44. The second kappa shape index (κ2) is 6.74. The van der Waals surface area contributed by atoms with E-state index in [1.165, 1.54) is 24.8 Å². The standard InChI is InChI=1S/C19H29NO/c1-5-19(4,20(6-2)7-3)18(21)17-13-9-12-16(14-17)15-10-8-11-15/h9,12-15H,5-8,10-11H2,1-4H3. The van der Waals surface area contributed by atoms with Crippen LogP contribution < -0.4 is 0 Å². The number of ketones is 1. The molecule has 0 aliphatic heterocycles. The van der Waals surface area contributed by atoms with Gasteiger partial charge in [0, 0.05) is 5.56 Å². The third-order valence-electron chi connectivity index (χ3n) is 5.36. The van der Waals surface area contributed by atoms with Crippen LogP contribution in [0.2, 0.25) is 0 Å². The summed E-state index contributed by atoms with van der Waals surface area (Å²) >= 11 is 0. The molecule has 1 aliphatic rings. The van der Waals surface area contributed by atoms with Crippen LogP contribution in [0, 0.1) is 0 Å². The molecule has 0 bridgehead atoms. The molecule has 0 N–H and O–H groups in total. The smallest absolute Gasteiger partial charge is 0.182 e. The molecule has 1 fully saturated rings. The van der Waals surface area contributed by atoms with Gasteiger partial charge in [0.25, 0.3) is 0 Å². The zero-order valence-corrected chi connectivity index (χ0v) is 14.0. The van der Waals surface area contributed by atoms with Gasteiger partial charge in [-0.1, -0.05) is 45.4 Å². The Labute approximate surface area is 129 Å². The SMILES string of the molecule is CCN(CC)C(C)(CC)C(=O)c1cccc(C2CCC2)c1. The Kier molecular flexibility index (Phi) is 5.21. The summed E-state index contributed by atoms with van der Waals surface area (Å²) in [6.45, 7) is 10.3. The highest BCUT2D eigenvalue weighted by molar-refractivity contribution is 6.03. The maximum absolute atomic E-state index is 13.1. The molecule has 1 aromatic rings. The molecule has 0 heterocycles. The number of nitrogens with zero attached hydrogens (tertiary/aromatic N) is 1. The summed E-state index contributed by atoms with van der Waals surface area (Å²) in [4.78, 5) is 15.4. The first-order chi connectivity index (χ1) is 10.1. The molecule has 0 amide bonds. The Hall–Kier alpha value is -1.15. The Morgan fingerprint density at radius 3 is 2.38 bits per heavy atom. The quantitative estimate of drug-likeness (QED) is 0.680. The lowest BCUT2D eigenvalue weighted by atomic mass is 9.78. The van der Waals surface area contributed by atoms with Crippen LogP contribution in [0.3, 0.4) is 0 Å². The van der Waals surface area contributed by atoms with Crippen LogP contribution in [-0.4, -0.2) is 29.3 Å². The predicted octanol–water partition coefficient (Wildman–Crippen LogP) is 4.65. The normalized spacial score (nSPS) is 18.3. The van der Waals surface area contributed by atoms with Gasteiger partial charge in [-0.3, -0.25) is 9.69 Å².